The smallest absolute Gasteiger partial charge is 0.113 e. The summed E-state index contributed by atoms with van der Waals surface area (Å²) in [6.45, 7) is 3.68. The van der Waals surface area contributed by atoms with Crippen LogP contribution in [0.15, 0.2) is 24.4 Å². The molecule has 0 bridgehead atoms. The Labute approximate surface area is 157 Å². The van der Waals surface area contributed by atoms with Gasteiger partial charge in [0, 0.05) is 23.9 Å². The van der Waals surface area contributed by atoms with E-state index < -0.39 is 5.67 Å². The number of halogens is 1. The van der Waals surface area contributed by atoms with Crippen molar-refractivity contribution in [3.05, 3.63) is 35.8 Å². The van der Waals surface area contributed by atoms with Gasteiger partial charge < -0.3 is 9.47 Å². The largest absolute Gasteiger partial charge is 0.323 e. The van der Waals surface area contributed by atoms with Crippen molar-refractivity contribution in [3.8, 4) is 6.07 Å². The molecule has 138 valence electrons. The molecule has 1 atom stereocenters. The van der Waals surface area contributed by atoms with E-state index in [4.69, 9.17) is 4.98 Å². The van der Waals surface area contributed by atoms with Gasteiger partial charge in [0.1, 0.15) is 17.0 Å². The summed E-state index contributed by atoms with van der Waals surface area (Å²) in [7, 11) is 2.13. The predicted molar refractivity (Wildman–Crippen MR) is 102 cm³/mol. The van der Waals surface area contributed by atoms with E-state index in [1.807, 2.05) is 18.3 Å². The number of rotatable bonds is 2. The summed E-state index contributed by atoms with van der Waals surface area (Å²) in [5, 5.41) is 10.3. The fourth-order valence-corrected chi connectivity index (χ4v) is 4.79. The van der Waals surface area contributed by atoms with Crippen molar-refractivity contribution >= 4 is 21.9 Å². The first-order valence-corrected chi connectivity index (χ1v) is 9.53. The van der Waals surface area contributed by atoms with Crippen LogP contribution in [0.3, 0.4) is 0 Å². The number of alkyl halides is 1. The quantitative estimate of drug-likeness (QED) is 0.692. The molecule has 2 aromatic heterocycles. The van der Waals surface area contributed by atoms with Crippen molar-refractivity contribution in [3.63, 3.8) is 0 Å². The highest BCUT2D eigenvalue weighted by atomic mass is 19.1. The zero-order valence-corrected chi connectivity index (χ0v) is 15.6. The van der Waals surface area contributed by atoms with Crippen molar-refractivity contribution in [1.29, 1.82) is 5.26 Å². The number of nitrogens with zero attached hydrogens (tertiary/aromatic N) is 5. The lowest BCUT2D eigenvalue weighted by atomic mass is 9.73. The number of pyridine rings is 1. The molecule has 5 rings (SSSR count). The minimum atomic E-state index is -1.09. The van der Waals surface area contributed by atoms with Crippen molar-refractivity contribution in [2.45, 2.75) is 43.8 Å². The van der Waals surface area contributed by atoms with E-state index in [9.17, 15) is 9.65 Å². The first-order valence-electron chi connectivity index (χ1n) is 9.53. The van der Waals surface area contributed by atoms with Gasteiger partial charge in [0.05, 0.1) is 28.9 Å². The second-order valence-corrected chi connectivity index (χ2v) is 8.40. The summed E-state index contributed by atoms with van der Waals surface area (Å²) in [5.41, 5.74) is 2.28. The highest BCUT2D eigenvalue weighted by Gasteiger charge is 2.44. The molecule has 2 fully saturated rings. The monoisotopic (exact) mass is 363 g/mol. The summed E-state index contributed by atoms with van der Waals surface area (Å²) >= 11 is 0. The maximum absolute atomic E-state index is 14.2. The van der Waals surface area contributed by atoms with Crippen LogP contribution < -0.4 is 0 Å². The topological polar surface area (TPSA) is 57.7 Å². The number of fused-ring (bicyclic) bond motifs is 3. The van der Waals surface area contributed by atoms with Gasteiger partial charge in [-0.05, 0) is 58.0 Å². The number of likely N-dealkylation sites (tertiary alicyclic amines) is 1. The Hall–Kier alpha value is -2.52. The predicted octanol–water partition coefficient (Wildman–Crippen LogP) is 3.94. The highest BCUT2D eigenvalue weighted by Crippen LogP contribution is 2.48. The van der Waals surface area contributed by atoms with Crippen molar-refractivity contribution < 1.29 is 4.39 Å². The summed E-state index contributed by atoms with van der Waals surface area (Å²) in [6, 6.07) is 8.15. The Morgan fingerprint density at radius 2 is 2.11 bits per heavy atom. The minimum absolute atomic E-state index is 0.146. The molecule has 1 saturated carbocycles. The molecule has 0 radical (unpaired) electrons. The summed E-state index contributed by atoms with van der Waals surface area (Å²) in [6.07, 6.45) is 3.91. The minimum Gasteiger partial charge on any atom is -0.323 e. The number of nitriles is 1. The van der Waals surface area contributed by atoms with Gasteiger partial charge in [0.15, 0.2) is 0 Å². The van der Waals surface area contributed by atoms with Crippen LogP contribution in [-0.4, -0.2) is 45.2 Å². The third-order valence-corrected chi connectivity index (χ3v) is 6.11. The molecule has 0 amide bonds. The zero-order chi connectivity index (χ0) is 18.8. The Balaban J connectivity index is 1.77. The molecule has 1 aliphatic heterocycles. The van der Waals surface area contributed by atoms with Gasteiger partial charge in [0.2, 0.25) is 0 Å². The van der Waals surface area contributed by atoms with Crippen LogP contribution in [0.1, 0.15) is 49.5 Å². The Bertz CT molecular complexity index is 1090. The lowest BCUT2D eigenvalue weighted by molar-refractivity contribution is 0.0564. The molecular formula is C21H22FN5. The molecule has 5 nitrogen and oxygen atoms in total. The molecule has 27 heavy (non-hydrogen) atoms. The normalized spacial score (nSPS) is 28.5. The summed E-state index contributed by atoms with van der Waals surface area (Å²) in [5.74, 6) is 1.13. The lowest BCUT2D eigenvalue weighted by Crippen LogP contribution is -2.37. The summed E-state index contributed by atoms with van der Waals surface area (Å²) in [4.78, 5) is 11.8. The van der Waals surface area contributed by atoms with Gasteiger partial charge in [-0.2, -0.15) is 5.26 Å². The van der Waals surface area contributed by atoms with Crippen LogP contribution >= 0.6 is 0 Å². The van der Waals surface area contributed by atoms with E-state index >= 15 is 0 Å². The molecule has 1 saturated heterocycles. The second kappa shape index (κ2) is 5.74. The average molecular weight is 363 g/mol. The number of benzene rings is 1. The first-order chi connectivity index (χ1) is 12.9. The number of imidazole rings is 1. The van der Waals surface area contributed by atoms with Gasteiger partial charge in [-0.15, -0.1) is 0 Å². The van der Waals surface area contributed by atoms with Crippen LogP contribution in [0.4, 0.5) is 4.39 Å². The van der Waals surface area contributed by atoms with Gasteiger partial charge >= 0.3 is 0 Å². The van der Waals surface area contributed by atoms with E-state index in [0.29, 0.717) is 24.4 Å². The molecule has 0 N–H and O–H groups in total. The van der Waals surface area contributed by atoms with Gasteiger partial charge in [-0.3, -0.25) is 4.98 Å². The van der Waals surface area contributed by atoms with Crippen molar-refractivity contribution in [1.82, 2.24) is 19.4 Å². The van der Waals surface area contributed by atoms with Crippen LogP contribution in [0.5, 0.6) is 0 Å². The number of aromatic nitrogens is 3. The van der Waals surface area contributed by atoms with Gasteiger partial charge in [-0.1, -0.05) is 0 Å². The first kappa shape index (κ1) is 16.6. The molecule has 3 aromatic rings. The van der Waals surface area contributed by atoms with E-state index in [-0.39, 0.29) is 5.92 Å². The van der Waals surface area contributed by atoms with E-state index in [2.05, 4.69) is 27.6 Å². The van der Waals surface area contributed by atoms with Gasteiger partial charge in [0.25, 0.3) is 0 Å². The number of hydrogen-bond acceptors (Lipinski definition) is 4. The zero-order valence-electron chi connectivity index (χ0n) is 15.6. The Morgan fingerprint density at radius 3 is 2.78 bits per heavy atom. The molecule has 1 aromatic carbocycles. The number of likely N-dealkylation sites (N-methyl/N-ethyl adjacent to an activating group) is 1. The van der Waals surface area contributed by atoms with Gasteiger partial charge in [-0.25, -0.2) is 9.37 Å². The SMILES string of the molecule is CN1CC[C@@H](n2c3c(cnc4ccc(C#N)cc43)nc2[C@H]2C[C@@](C)(F)C2)C1. The number of hydrogen-bond donors (Lipinski definition) is 0. The third-order valence-electron chi connectivity index (χ3n) is 6.11. The molecule has 0 spiro atoms. The maximum Gasteiger partial charge on any atom is 0.113 e. The fourth-order valence-electron chi connectivity index (χ4n) is 4.79. The van der Waals surface area contributed by atoms with E-state index in [1.54, 1.807) is 13.0 Å². The second-order valence-electron chi connectivity index (χ2n) is 8.40. The molecule has 1 aliphatic carbocycles. The third kappa shape index (κ3) is 2.61. The standard InChI is InChI=1S/C21H22FN5/c1-21(22)8-14(9-21)20-25-18-11-24-17-4-3-13(10-23)7-16(17)19(18)27(20)15-5-6-26(2)12-15/h3-4,7,11,14-15H,5-6,8-9,12H2,1-2H3/t14-,15-,21+/m1/s1. The Kier molecular flexibility index (Phi) is 3.54. The van der Waals surface area contributed by atoms with E-state index in [0.717, 1.165) is 47.3 Å². The van der Waals surface area contributed by atoms with Crippen molar-refractivity contribution in [2.24, 2.45) is 0 Å². The van der Waals surface area contributed by atoms with Crippen LogP contribution in [-0.2, 0) is 0 Å². The molecule has 3 heterocycles. The molecule has 0 unspecified atom stereocenters. The average Bonchev–Trinajstić information content (AvgIpc) is 3.22. The highest BCUT2D eigenvalue weighted by molar-refractivity contribution is 6.03. The van der Waals surface area contributed by atoms with Crippen LogP contribution in [0.2, 0.25) is 0 Å². The molecular weight excluding hydrogens is 341 g/mol. The molecule has 6 heteroatoms. The van der Waals surface area contributed by atoms with Crippen LogP contribution in [0, 0.1) is 11.3 Å². The fraction of sp³-hybridized carbons (Fsp3) is 0.476. The van der Waals surface area contributed by atoms with Crippen LogP contribution in [0.25, 0.3) is 21.9 Å². The molecule has 2 aliphatic rings. The van der Waals surface area contributed by atoms with Crippen molar-refractivity contribution in [2.75, 3.05) is 20.1 Å². The Morgan fingerprint density at radius 1 is 1.30 bits per heavy atom. The lowest BCUT2D eigenvalue weighted by Gasteiger charge is -2.39. The maximum atomic E-state index is 14.2. The summed E-state index contributed by atoms with van der Waals surface area (Å²) < 4.78 is 16.6. The van der Waals surface area contributed by atoms with E-state index in [1.165, 1.54) is 0 Å².